The van der Waals surface area contributed by atoms with Gasteiger partial charge < -0.3 is 15.8 Å². The molecule has 0 aliphatic heterocycles. The van der Waals surface area contributed by atoms with E-state index in [-0.39, 0.29) is 18.5 Å². The zero-order valence-electron chi connectivity index (χ0n) is 9.27. The zero-order chi connectivity index (χ0) is 12.7. The highest BCUT2D eigenvalue weighted by Gasteiger charge is 2.63. The molecule has 17 heavy (non-hydrogen) atoms. The number of nitrogen functional groups attached to an aromatic ring is 1. The number of hydrogen-bond acceptors (Lipinski definition) is 3. The van der Waals surface area contributed by atoms with Crippen LogP contribution in [0.3, 0.4) is 0 Å². The maximum Gasteiger partial charge on any atom is 0.411 e. The molecule has 94 valence electrons. The van der Waals surface area contributed by atoms with Crippen molar-refractivity contribution in [2.24, 2.45) is 0 Å². The van der Waals surface area contributed by atoms with Crippen molar-refractivity contribution >= 4 is 11.4 Å². The summed E-state index contributed by atoms with van der Waals surface area (Å²) in [5.41, 5.74) is 4.41. The molecule has 3 N–H and O–H groups in total. The fourth-order valence-corrected chi connectivity index (χ4v) is 1.64. The van der Waals surface area contributed by atoms with Gasteiger partial charge >= 0.3 is 6.18 Å². The molecule has 0 radical (unpaired) electrons. The summed E-state index contributed by atoms with van der Waals surface area (Å²) in [6.07, 6.45) is -4.08. The van der Waals surface area contributed by atoms with E-state index in [0.29, 0.717) is 11.4 Å². The Labute approximate surface area is 96.8 Å². The number of benzene rings is 1. The SMILES string of the molecule is COc1ccc(NC2(C(F)(F)F)CC2)c(N)c1. The molecule has 0 heterocycles. The molecular formula is C11H13F3N2O. The van der Waals surface area contributed by atoms with Crippen LogP contribution in [0.4, 0.5) is 24.5 Å². The van der Waals surface area contributed by atoms with E-state index in [2.05, 4.69) is 5.32 Å². The second-order valence-electron chi connectivity index (χ2n) is 4.16. The van der Waals surface area contributed by atoms with Gasteiger partial charge in [-0.15, -0.1) is 0 Å². The molecule has 3 nitrogen and oxygen atoms in total. The summed E-state index contributed by atoms with van der Waals surface area (Å²) in [5, 5.41) is 2.48. The Bertz CT molecular complexity index is 427. The van der Waals surface area contributed by atoms with Gasteiger partial charge in [0, 0.05) is 6.07 Å². The first-order valence-electron chi connectivity index (χ1n) is 5.16. The molecule has 0 atom stereocenters. The molecule has 0 bridgehead atoms. The van der Waals surface area contributed by atoms with Crippen LogP contribution in [-0.4, -0.2) is 18.8 Å². The Hall–Kier alpha value is -1.59. The monoisotopic (exact) mass is 246 g/mol. The van der Waals surface area contributed by atoms with Crippen molar-refractivity contribution in [3.05, 3.63) is 18.2 Å². The summed E-state index contributed by atoms with van der Waals surface area (Å²) in [7, 11) is 1.47. The van der Waals surface area contributed by atoms with Crippen LogP contribution >= 0.6 is 0 Å². The van der Waals surface area contributed by atoms with E-state index in [1.54, 1.807) is 6.07 Å². The Balaban J connectivity index is 2.20. The molecule has 0 unspecified atom stereocenters. The topological polar surface area (TPSA) is 47.3 Å². The highest BCUT2D eigenvalue weighted by atomic mass is 19.4. The lowest BCUT2D eigenvalue weighted by atomic mass is 10.2. The molecule has 0 aromatic heterocycles. The number of rotatable bonds is 3. The first-order chi connectivity index (χ1) is 7.88. The van der Waals surface area contributed by atoms with Gasteiger partial charge in [0.15, 0.2) is 0 Å². The van der Waals surface area contributed by atoms with Gasteiger partial charge in [-0.3, -0.25) is 0 Å². The van der Waals surface area contributed by atoms with E-state index in [1.165, 1.54) is 19.2 Å². The second-order valence-corrected chi connectivity index (χ2v) is 4.16. The molecule has 1 aliphatic rings. The molecule has 1 aromatic rings. The summed E-state index contributed by atoms with van der Waals surface area (Å²) in [6.45, 7) is 0. The summed E-state index contributed by atoms with van der Waals surface area (Å²) in [5.74, 6) is 0.518. The first-order valence-corrected chi connectivity index (χ1v) is 5.16. The minimum atomic E-state index is -4.25. The Kier molecular flexibility index (Phi) is 2.60. The van der Waals surface area contributed by atoms with Crippen molar-refractivity contribution in [2.45, 2.75) is 24.6 Å². The van der Waals surface area contributed by atoms with E-state index in [4.69, 9.17) is 10.5 Å². The zero-order valence-corrected chi connectivity index (χ0v) is 9.27. The van der Waals surface area contributed by atoms with Gasteiger partial charge in [0.05, 0.1) is 18.5 Å². The average molecular weight is 246 g/mol. The molecule has 1 fully saturated rings. The largest absolute Gasteiger partial charge is 0.497 e. The van der Waals surface area contributed by atoms with E-state index in [1.807, 2.05) is 0 Å². The van der Waals surface area contributed by atoms with E-state index in [0.717, 1.165) is 0 Å². The molecule has 1 aliphatic carbocycles. The lowest BCUT2D eigenvalue weighted by molar-refractivity contribution is -0.151. The number of methoxy groups -OCH3 is 1. The maximum atomic E-state index is 12.7. The Morgan fingerprint density at radius 3 is 2.41 bits per heavy atom. The number of ether oxygens (including phenoxy) is 1. The van der Waals surface area contributed by atoms with E-state index >= 15 is 0 Å². The van der Waals surface area contributed by atoms with Crippen LogP contribution in [0.1, 0.15) is 12.8 Å². The number of anilines is 2. The van der Waals surface area contributed by atoms with Crippen LogP contribution in [0.25, 0.3) is 0 Å². The predicted octanol–water partition coefficient (Wildman–Crippen LogP) is 2.78. The van der Waals surface area contributed by atoms with Crippen LogP contribution in [0, 0.1) is 0 Å². The molecule has 0 amide bonds. The molecular weight excluding hydrogens is 233 g/mol. The third-order valence-corrected chi connectivity index (χ3v) is 2.93. The number of nitrogens with two attached hydrogens (primary N) is 1. The van der Waals surface area contributed by atoms with Gasteiger partial charge in [-0.2, -0.15) is 13.2 Å². The van der Waals surface area contributed by atoms with Gasteiger partial charge in [-0.05, 0) is 25.0 Å². The van der Waals surface area contributed by atoms with E-state index in [9.17, 15) is 13.2 Å². The molecule has 6 heteroatoms. The number of halogens is 3. The second kappa shape index (κ2) is 3.72. The molecule has 0 saturated heterocycles. The van der Waals surface area contributed by atoms with Gasteiger partial charge in [-0.25, -0.2) is 0 Å². The molecule has 0 spiro atoms. The standard InChI is InChI=1S/C11H13F3N2O/c1-17-7-2-3-9(8(15)6-7)16-10(4-5-10)11(12,13)14/h2-3,6,16H,4-5,15H2,1H3. The number of hydrogen-bond donors (Lipinski definition) is 2. The Morgan fingerprint density at radius 2 is 2.00 bits per heavy atom. The highest BCUT2D eigenvalue weighted by Crippen LogP contribution is 2.51. The van der Waals surface area contributed by atoms with E-state index < -0.39 is 11.7 Å². The van der Waals surface area contributed by atoms with Crippen LogP contribution in [0.5, 0.6) is 5.75 Å². The highest BCUT2D eigenvalue weighted by molar-refractivity contribution is 5.69. The van der Waals surface area contributed by atoms with Gasteiger partial charge in [0.1, 0.15) is 11.3 Å². The fourth-order valence-electron chi connectivity index (χ4n) is 1.64. The van der Waals surface area contributed by atoms with Crippen LogP contribution in [0.15, 0.2) is 18.2 Å². The van der Waals surface area contributed by atoms with Crippen molar-refractivity contribution in [1.82, 2.24) is 0 Å². The maximum absolute atomic E-state index is 12.7. The van der Waals surface area contributed by atoms with Gasteiger partial charge in [0.25, 0.3) is 0 Å². The van der Waals surface area contributed by atoms with Crippen molar-refractivity contribution in [3.8, 4) is 5.75 Å². The normalized spacial score (nSPS) is 17.6. The van der Waals surface area contributed by atoms with Crippen molar-refractivity contribution in [1.29, 1.82) is 0 Å². The molecule has 2 rings (SSSR count). The van der Waals surface area contributed by atoms with Crippen LogP contribution in [-0.2, 0) is 0 Å². The quantitative estimate of drug-likeness (QED) is 0.806. The summed E-state index contributed by atoms with van der Waals surface area (Å²) >= 11 is 0. The predicted molar refractivity (Wildman–Crippen MR) is 59.0 cm³/mol. The Morgan fingerprint density at radius 1 is 1.35 bits per heavy atom. The van der Waals surface area contributed by atoms with Crippen LogP contribution in [0.2, 0.25) is 0 Å². The van der Waals surface area contributed by atoms with Gasteiger partial charge in [-0.1, -0.05) is 0 Å². The minimum Gasteiger partial charge on any atom is -0.497 e. The van der Waals surface area contributed by atoms with Crippen LogP contribution < -0.4 is 15.8 Å². The summed E-state index contributed by atoms with van der Waals surface area (Å²) in [6, 6.07) is 4.57. The van der Waals surface area contributed by atoms with Crippen molar-refractivity contribution in [2.75, 3.05) is 18.2 Å². The molecule has 1 saturated carbocycles. The summed E-state index contributed by atoms with van der Waals surface area (Å²) in [4.78, 5) is 0. The smallest absolute Gasteiger partial charge is 0.411 e. The average Bonchev–Trinajstić information content (AvgIpc) is 3.01. The molecule has 1 aromatic carbocycles. The lowest BCUT2D eigenvalue weighted by Crippen LogP contribution is -2.38. The third-order valence-electron chi connectivity index (χ3n) is 2.93. The number of nitrogens with one attached hydrogen (secondary N) is 1. The third kappa shape index (κ3) is 2.11. The fraction of sp³-hybridized carbons (Fsp3) is 0.455. The lowest BCUT2D eigenvalue weighted by Gasteiger charge is -2.23. The van der Waals surface area contributed by atoms with Gasteiger partial charge in [0.2, 0.25) is 0 Å². The summed E-state index contributed by atoms with van der Waals surface area (Å²) < 4.78 is 43.1. The van der Waals surface area contributed by atoms with Crippen molar-refractivity contribution in [3.63, 3.8) is 0 Å². The number of alkyl halides is 3. The minimum absolute atomic E-state index is 0.0853. The van der Waals surface area contributed by atoms with Crippen molar-refractivity contribution < 1.29 is 17.9 Å². The first kappa shape index (κ1) is 11.9.